The minimum absolute atomic E-state index is 0.160. The maximum absolute atomic E-state index is 13.0. The fourth-order valence-corrected chi connectivity index (χ4v) is 4.22. The highest BCUT2D eigenvalue weighted by Gasteiger charge is 2.30. The Hall–Kier alpha value is -3.68. The van der Waals surface area contributed by atoms with Gasteiger partial charge in [-0.05, 0) is 43.4 Å². The highest BCUT2D eigenvalue weighted by Crippen LogP contribution is 2.24. The Kier molecular flexibility index (Phi) is 5.11. The van der Waals surface area contributed by atoms with Gasteiger partial charge in [0.2, 0.25) is 5.91 Å². The van der Waals surface area contributed by atoms with Gasteiger partial charge in [0.05, 0.1) is 6.54 Å². The molecule has 3 N–H and O–H groups in total. The van der Waals surface area contributed by atoms with E-state index in [1.807, 2.05) is 12.1 Å². The van der Waals surface area contributed by atoms with Gasteiger partial charge >= 0.3 is 0 Å². The molecule has 1 aliphatic heterocycles. The number of rotatable bonds is 6. The van der Waals surface area contributed by atoms with Gasteiger partial charge in [-0.2, -0.15) is 0 Å². The first-order chi connectivity index (χ1) is 15.2. The number of pyridine rings is 1. The third-order valence-electron chi connectivity index (χ3n) is 5.82. The van der Waals surface area contributed by atoms with E-state index < -0.39 is 6.04 Å². The number of hydrogen-bond donors (Lipinski definition) is 3. The van der Waals surface area contributed by atoms with Gasteiger partial charge in [-0.25, -0.2) is 4.98 Å². The summed E-state index contributed by atoms with van der Waals surface area (Å²) in [5.41, 5.74) is 3.57. The number of allylic oxidation sites excluding steroid dienone is 2. The summed E-state index contributed by atoms with van der Waals surface area (Å²) in [5, 5.41) is 7.10. The molecule has 0 fully saturated rings. The van der Waals surface area contributed by atoms with Crippen molar-refractivity contribution in [2.45, 2.75) is 38.3 Å². The molecule has 8 nitrogen and oxygen atoms in total. The molecule has 0 radical (unpaired) electrons. The molecule has 0 spiro atoms. The molecule has 0 bridgehead atoms. The van der Waals surface area contributed by atoms with Crippen LogP contribution < -0.4 is 16.2 Å². The number of hydrogen-bond acceptors (Lipinski definition) is 5. The van der Waals surface area contributed by atoms with Crippen molar-refractivity contribution in [2.75, 3.05) is 11.9 Å². The van der Waals surface area contributed by atoms with Gasteiger partial charge in [-0.3, -0.25) is 19.1 Å². The van der Waals surface area contributed by atoms with E-state index in [0.29, 0.717) is 25.9 Å². The van der Waals surface area contributed by atoms with Crippen LogP contribution in [0, 0.1) is 0 Å². The zero-order chi connectivity index (χ0) is 21.2. The molecular weight excluding hydrogens is 392 g/mol. The van der Waals surface area contributed by atoms with Crippen LogP contribution in [0.15, 0.2) is 59.3 Å². The lowest BCUT2D eigenvalue weighted by Crippen LogP contribution is -2.36. The first kappa shape index (κ1) is 19.3. The molecule has 0 saturated carbocycles. The number of nitrogens with one attached hydrogen (secondary N) is 3. The Morgan fingerprint density at radius 1 is 1.26 bits per heavy atom. The summed E-state index contributed by atoms with van der Waals surface area (Å²) < 4.78 is 1.59. The van der Waals surface area contributed by atoms with Crippen LogP contribution in [0.4, 0.5) is 5.82 Å². The van der Waals surface area contributed by atoms with Gasteiger partial charge in [0, 0.05) is 47.4 Å². The van der Waals surface area contributed by atoms with Gasteiger partial charge in [0.15, 0.2) is 5.82 Å². The second-order valence-electron chi connectivity index (χ2n) is 7.92. The molecule has 5 rings (SSSR count). The van der Waals surface area contributed by atoms with E-state index in [9.17, 15) is 9.59 Å². The van der Waals surface area contributed by atoms with Crippen molar-refractivity contribution in [2.24, 2.45) is 0 Å². The highest BCUT2D eigenvalue weighted by molar-refractivity contribution is 5.82. The first-order valence-corrected chi connectivity index (χ1v) is 10.6. The normalized spacial score (nSPS) is 17.4. The smallest absolute Gasteiger partial charge is 0.294 e. The number of H-pyrrole nitrogens is 1. The van der Waals surface area contributed by atoms with Crippen LogP contribution in [-0.2, 0) is 17.8 Å². The molecule has 3 aromatic heterocycles. The molecule has 3 aromatic rings. The molecule has 0 saturated heterocycles. The van der Waals surface area contributed by atoms with Crippen LogP contribution in [0.2, 0.25) is 0 Å². The van der Waals surface area contributed by atoms with Gasteiger partial charge in [-0.1, -0.05) is 18.2 Å². The summed E-state index contributed by atoms with van der Waals surface area (Å²) in [7, 11) is 0. The van der Waals surface area contributed by atoms with Crippen molar-refractivity contribution < 1.29 is 4.79 Å². The van der Waals surface area contributed by atoms with E-state index >= 15 is 0 Å². The number of anilines is 1. The molecular formula is C23H24N6O2. The molecule has 158 valence electrons. The number of carbonyl (C=O) groups excluding carboxylic acids is 1. The minimum Gasteiger partial charge on any atom is -0.361 e. The Morgan fingerprint density at radius 2 is 2.19 bits per heavy atom. The van der Waals surface area contributed by atoms with E-state index in [1.54, 1.807) is 23.2 Å². The lowest BCUT2D eigenvalue weighted by atomic mass is 10.1. The molecule has 2 aliphatic rings. The summed E-state index contributed by atoms with van der Waals surface area (Å²) in [6.45, 7) is 0.912. The average molecular weight is 416 g/mol. The zero-order valence-electron chi connectivity index (χ0n) is 17.1. The van der Waals surface area contributed by atoms with Crippen LogP contribution in [0.25, 0.3) is 10.9 Å². The summed E-state index contributed by atoms with van der Waals surface area (Å²) in [6.07, 6.45) is 14.9. The number of nitrogens with zero attached hydrogens (tertiary/aromatic N) is 3. The monoisotopic (exact) mass is 416 g/mol. The van der Waals surface area contributed by atoms with Crippen LogP contribution in [0.1, 0.15) is 36.7 Å². The number of fused-ring (bicyclic) bond motifs is 2. The summed E-state index contributed by atoms with van der Waals surface area (Å²) in [5.74, 6) is 0.124. The van der Waals surface area contributed by atoms with E-state index in [0.717, 1.165) is 40.7 Å². The largest absolute Gasteiger partial charge is 0.361 e. The summed E-state index contributed by atoms with van der Waals surface area (Å²) >= 11 is 0. The first-order valence-electron chi connectivity index (χ1n) is 10.6. The standard InChI is InChI=1S/C23H24N6O2/c30-22(27-13-17-10-16-12-24-9-8-19(16)28-17)20-7-6-18-14-26-21(23(31)29(18)20)25-11-15-4-2-1-3-5-15/h2,4-5,8-10,12,14,20,28H,1,3,6-7,11,13H2,(H,25,26)(H,27,30). The third kappa shape index (κ3) is 3.88. The zero-order valence-corrected chi connectivity index (χ0v) is 17.1. The number of amides is 1. The molecule has 8 heteroatoms. The highest BCUT2D eigenvalue weighted by atomic mass is 16.2. The predicted octanol–water partition coefficient (Wildman–Crippen LogP) is 2.61. The second kappa shape index (κ2) is 8.22. The number of aromatic amines is 1. The molecule has 0 aromatic carbocycles. The lowest BCUT2D eigenvalue weighted by Gasteiger charge is -2.16. The van der Waals surface area contributed by atoms with Crippen LogP contribution in [-0.4, -0.2) is 32.0 Å². The summed E-state index contributed by atoms with van der Waals surface area (Å²) in [6, 6.07) is 3.34. The van der Waals surface area contributed by atoms with E-state index in [2.05, 4.69) is 43.8 Å². The van der Waals surface area contributed by atoms with E-state index in [1.165, 1.54) is 0 Å². The van der Waals surface area contributed by atoms with Gasteiger partial charge in [-0.15, -0.1) is 0 Å². The molecule has 4 heterocycles. The van der Waals surface area contributed by atoms with Crippen LogP contribution in [0.3, 0.4) is 0 Å². The molecule has 1 aliphatic carbocycles. The summed E-state index contributed by atoms with van der Waals surface area (Å²) in [4.78, 5) is 37.6. The molecule has 31 heavy (non-hydrogen) atoms. The maximum atomic E-state index is 13.0. The predicted molar refractivity (Wildman–Crippen MR) is 119 cm³/mol. The quantitative estimate of drug-likeness (QED) is 0.573. The topological polar surface area (TPSA) is 105 Å². The Balaban J connectivity index is 1.29. The second-order valence-corrected chi connectivity index (χ2v) is 7.92. The Labute approximate surface area is 179 Å². The Bertz CT molecular complexity index is 1220. The van der Waals surface area contributed by atoms with Gasteiger partial charge < -0.3 is 15.6 Å². The molecule has 1 amide bonds. The van der Waals surface area contributed by atoms with Gasteiger partial charge in [0.1, 0.15) is 6.04 Å². The lowest BCUT2D eigenvalue weighted by molar-refractivity contribution is -0.124. The van der Waals surface area contributed by atoms with Crippen molar-refractivity contribution in [1.82, 2.24) is 24.8 Å². The maximum Gasteiger partial charge on any atom is 0.294 e. The van der Waals surface area contributed by atoms with Crippen molar-refractivity contribution in [3.8, 4) is 0 Å². The van der Waals surface area contributed by atoms with Crippen LogP contribution >= 0.6 is 0 Å². The fourth-order valence-electron chi connectivity index (χ4n) is 4.22. The third-order valence-corrected chi connectivity index (χ3v) is 5.82. The van der Waals surface area contributed by atoms with E-state index in [4.69, 9.17) is 0 Å². The van der Waals surface area contributed by atoms with E-state index in [-0.39, 0.29) is 17.3 Å². The van der Waals surface area contributed by atoms with Crippen molar-refractivity contribution in [3.05, 3.63) is 76.3 Å². The SMILES string of the molecule is O=C(NCc1cc2cnccc2[nH]1)C1CCc2cnc(NCC3=CCCC=C3)c(=O)n21. The fraction of sp³-hybridized carbons (Fsp3) is 0.304. The van der Waals surface area contributed by atoms with Crippen molar-refractivity contribution in [1.29, 1.82) is 0 Å². The Morgan fingerprint density at radius 3 is 3.03 bits per heavy atom. The van der Waals surface area contributed by atoms with Gasteiger partial charge in [0.25, 0.3) is 5.56 Å². The molecule has 1 unspecified atom stereocenters. The average Bonchev–Trinajstić information content (AvgIpc) is 3.42. The van der Waals surface area contributed by atoms with Crippen LogP contribution in [0.5, 0.6) is 0 Å². The number of carbonyl (C=O) groups is 1. The van der Waals surface area contributed by atoms with Crippen molar-refractivity contribution >= 4 is 22.6 Å². The molecule has 1 atom stereocenters. The number of aromatic nitrogens is 4. The number of aryl methyl sites for hydroxylation is 1. The van der Waals surface area contributed by atoms with Crippen molar-refractivity contribution in [3.63, 3.8) is 0 Å². The minimum atomic E-state index is -0.522.